The van der Waals surface area contributed by atoms with Gasteiger partial charge < -0.3 is 5.32 Å². The van der Waals surface area contributed by atoms with Crippen molar-refractivity contribution in [3.8, 4) is 21.0 Å². The highest BCUT2D eigenvalue weighted by atomic mass is 32.2. The number of rotatable bonds is 5. The van der Waals surface area contributed by atoms with E-state index in [1.807, 2.05) is 61.5 Å². The second-order valence-corrected chi connectivity index (χ2v) is 11.3. The van der Waals surface area contributed by atoms with Gasteiger partial charge >= 0.3 is 0 Å². The van der Waals surface area contributed by atoms with Crippen molar-refractivity contribution in [1.29, 1.82) is 0 Å². The SMILES string of the molecule is Cc1ccc(-c2sc(-c3ccccc3)nc2CC(=O)NC2(C)CCS(=O)(=O)C2)cc1. The number of hydrogen-bond acceptors (Lipinski definition) is 5. The average Bonchev–Trinajstić information content (AvgIpc) is 3.23. The standard InChI is InChI=1S/C23H24N2O3S2/c1-16-8-10-17(11-9-16)21-19(24-22(29-21)18-6-4-3-5-7-18)14-20(26)25-23(2)12-13-30(27,28)15-23/h3-11H,12-15H2,1-2H3,(H,25,26). The fourth-order valence-electron chi connectivity index (χ4n) is 3.75. The third-order valence-corrected chi connectivity index (χ3v) is 8.40. The lowest BCUT2D eigenvalue weighted by Crippen LogP contribution is -2.47. The van der Waals surface area contributed by atoms with Gasteiger partial charge in [0.2, 0.25) is 5.91 Å². The van der Waals surface area contributed by atoms with Crippen LogP contribution < -0.4 is 5.32 Å². The van der Waals surface area contributed by atoms with Gasteiger partial charge in [-0.1, -0.05) is 60.2 Å². The Morgan fingerprint density at radius 3 is 2.43 bits per heavy atom. The molecule has 0 radical (unpaired) electrons. The third kappa shape index (κ3) is 4.63. The summed E-state index contributed by atoms with van der Waals surface area (Å²) < 4.78 is 23.7. The van der Waals surface area contributed by atoms with Crippen LogP contribution in [0.4, 0.5) is 0 Å². The highest BCUT2D eigenvalue weighted by Gasteiger charge is 2.39. The topological polar surface area (TPSA) is 76.1 Å². The smallest absolute Gasteiger partial charge is 0.226 e. The monoisotopic (exact) mass is 440 g/mol. The van der Waals surface area contributed by atoms with E-state index in [2.05, 4.69) is 5.32 Å². The Balaban J connectivity index is 1.63. The molecular weight excluding hydrogens is 416 g/mol. The van der Waals surface area contributed by atoms with Gasteiger partial charge in [0.15, 0.2) is 9.84 Å². The van der Waals surface area contributed by atoms with Crippen molar-refractivity contribution in [3.63, 3.8) is 0 Å². The summed E-state index contributed by atoms with van der Waals surface area (Å²) in [6.07, 6.45) is 0.556. The lowest BCUT2D eigenvalue weighted by molar-refractivity contribution is -0.121. The largest absolute Gasteiger partial charge is 0.350 e. The molecule has 0 saturated carbocycles. The van der Waals surface area contributed by atoms with Crippen molar-refractivity contribution in [1.82, 2.24) is 10.3 Å². The van der Waals surface area contributed by atoms with Gasteiger partial charge in [-0.2, -0.15) is 0 Å². The molecule has 2 aromatic carbocycles. The summed E-state index contributed by atoms with van der Waals surface area (Å²) in [5.74, 6) is -0.0938. The molecule has 30 heavy (non-hydrogen) atoms. The van der Waals surface area contributed by atoms with Crippen molar-refractivity contribution in [2.45, 2.75) is 32.2 Å². The molecule has 1 aliphatic heterocycles. The van der Waals surface area contributed by atoms with Crippen LogP contribution in [0.25, 0.3) is 21.0 Å². The maximum Gasteiger partial charge on any atom is 0.226 e. The number of nitrogens with one attached hydrogen (secondary N) is 1. The van der Waals surface area contributed by atoms with Gasteiger partial charge in [0.25, 0.3) is 0 Å². The van der Waals surface area contributed by atoms with Gasteiger partial charge in [-0.05, 0) is 25.8 Å². The number of benzene rings is 2. The molecule has 1 saturated heterocycles. The molecule has 1 amide bonds. The zero-order valence-corrected chi connectivity index (χ0v) is 18.6. The Kier molecular flexibility index (Phi) is 5.51. The van der Waals surface area contributed by atoms with Crippen LogP contribution in [-0.2, 0) is 21.1 Å². The normalized spacial score (nSPS) is 20.2. The van der Waals surface area contributed by atoms with Crippen LogP contribution in [0.2, 0.25) is 0 Å². The van der Waals surface area contributed by atoms with E-state index in [1.54, 1.807) is 18.3 Å². The number of aryl methyl sites for hydroxylation is 1. The zero-order chi connectivity index (χ0) is 21.4. The lowest BCUT2D eigenvalue weighted by atomic mass is 10.0. The van der Waals surface area contributed by atoms with Crippen LogP contribution in [0.3, 0.4) is 0 Å². The number of hydrogen-bond donors (Lipinski definition) is 1. The predicted molar refractivity (Wildman–Crippen MR) is 121 cm³/mol. The van der Waals surface area contributed by atoms with Crippen molar-refractivity contribution in [2.24, 2.45) is 0 Å². The Hall–Kier alpha value is -2.51. The number of nitrogens with zero attached hydrogens (tertiary/aromatic N) is 1. The Bertz CT molecular complexity index is 1170. The summed E-state index contributed by atoms with van der Waals surface area (Å²) in [4.78, 5) is 18.6. The molecular formula is C23H24N2O3S2. The first-order valence-corrected chi connectivity index (χ1v) is 12.5. The molecule has 0 bridgehead atoms. The summed E-state index contributed by atoms with van der Waals surface area (Å²) >= 11 is 1.57. The third-order valence-electron chi connectivity index (χ3n) is 5.30. The molecule has 4 rings (SSSR count). The molecule has 1 fully saturated rings. The van der Waals surface area contributed by atoms with Gasteiger partial charge in [0, 0.05) is 5.56 Å². The molecule has 1 aromatic heterocycles. The van der Waals surface area contributed by atoms with Gasteiger partial charge in [-0.3, -0.25) is 4.79 Å². The Morgan fingerprint density at radius 2 is 1.80 bits per heavy atom. The zero-order valence-electron chi connectivity index (χ0n) is 17.0. The van der Waals surface area contributed by atoms with Gasteiger partial charge in [0.1, 0.15) is 5.01 Å². The van der Waals surface area contributed by atoms with Crippen LogP contribution in [0.15, 0.2) is 54.6 Å². The molecule has 1 unspecified atom stereocenters. The number of carbonyl (C=O) groups excluding carboxylic acids is 1. The number of sulfone groups is 1. The van der Waals surface area contributed by atoms with Gasteiger partial charge in [-0.15, -0.1) is 11.3 Å². The molecule has 156 valence electrons. The second-order valence-electron chi connectivity index (χ2n) is 8.15. The molecule has 7 heteroatoms. The van der Waals surface area contributed by atoms with E-state index < -0.39 is 15.4 Å². The number of carbonyl (C=O) groups is 1. The van der Waals surface area contributed by atoms with Crippen LogP contribution in [-0.4, -0.2) is 36.4 Å². The predicted octanol–water partition coefficient (Wildman–Crippen LogP) is 4.02. The minimum atomic E-state index is -3.09. The van der Waals surface area contributed by atoms with Crippen LogP contribution in [0.1, 0.15) is 24.6 Å². The molecule has 3 aromatic rings. The summed E-state index contributed by atoms with van der Waals surface area (Å²) in [5.41, 5.74) is 3.21. The van der Waals surface area contributed by atoms with E-state index >= 15 is 0 Å². The maximum atomic E-state index is 12.8. The quantitative estimate of drug-likeness (QED) is 0.650. The first-order valence-electron chi connectivity index (χ1n) is 9.87. The van der Waals surface area contributed by atoms with E-state index in [0.717, 1.165) is 21.0 Å². The Morgan fingerprint density at radius 1 is 1.10 bits per heavy atom. The molecule has 0 spiro atoms. The average molecular weight is 441 g/mol. The lowest BCUT2D eigenvalue weighted by Gasteiger charge is -2.23. The van der Waals surface area contributed by atoms with E-state index in [0.29, 0.717) is 12.1 Å². The van der Waals surface area contributed by atoms with Crippen molar-refractivity contribution in [2.75, 3.05) is 11.5 Å². The molecule has 0 aliphatic carbocycles. The first-order chi connectivity index (χ1) is 14.2. The Labute approximate surface area is 181 Å². The number of amides is 1. The molecule has 1 aliphatic rings. The van der Waals surface area contributed by atoms with Gasteiger partial charge in [0.05, 0.1) is 34.0 Å². The fraction of sp³-hybridized carbons (Fsp3) is 0.304. The van der Waals surface area contributed by atoms with E-state index in [-0.39, 0.29) is 23.8 Å². The summed E-state index contributed by atoms with van der Waals surface area (Å²) in [5, 5.41) is 3.81. The molecule has 5 nitrogen and oxygen atoms in total. The number of aromatic nitrogens is 1. The minimum absolute atomic E-state index is 0.0110. The van der Waals surface area contributed by atoms with E-state index in [1.165, 1.54) is 5.56 Å². The highest BCUT2D eigenvalue weighted by Crippen LogP contribution is 2.36. The van der Waals surface area contributed by atoms with Crippen LogP contribution >= 0.6 is 11.3 Å². The van der Waals surface area contributed by atoms with E-state index in [9.17, 15) is 13.2 Å². The highest BCUT2D eigenvalue weighted by molar-refractivity contribution is 7.91. The summed E-state index contributed by atoms with van der Waals surface area (Å²) in [6.45, 7) is 3.84. The fourth-order valence-corrected chi connectivity index (χ4v) is 6.93. The first kappa shape index (κ1) is 20.8. The summed E-state index contributed by atoms with van der Waals surface area (Å²) in [6, 6.07) is 18.1. The summed E-state index contributed by atoms with van der Waals surface area (Å²) in [7, 11) is -3.09. The molecule has 1 N–H and O–H groups in total. The van der Waals surface area contributed by atoms with E-state index in [4.69, 9.17) is 4.98 Å². The molecule has 1 atom stereocenters. The van der Waals surface area contributed by atoms with Crippen molar-refractivity contribution >= 4 is 27.1 Å². The number of thiazole rings is 1. The second kappa shape index (κ2) is 7.96. The van der Waals surface area contributed by atoms with Gasteiger partial charge in [-0.25, -0.2) is 13.4 Å². The van der Waals surface area contributed by atoms with Crippen molar-refractivity contribution in [3.05, 3.63) is 65.9 Å². The minimum Gasteiger partial charge on any atom is -0.350 e. The maximum absolute atomic E-state index is 12.8. The molecule has 2 heterocycles. The van der Waals surface area contributed by atoms with Crippen LogP contribution in [0.5, 0.6) is 0 Å². The van der Waals surface area contributed by atoms with Crippen LogP contribution in [0, 0.1) is 6.92 Å². The van der Waals surface area contributed by atoms with Crippen molar-refractivity contribution < 1.29 is 13.2 Å².